The first kappa shape index (κ1) is 17.7. The van der Waals surface area contributed by atoms with Crippen molar-refractivity contribution < 1.29 is 9.53 Å². The topological polar surface area (TPSA) is 50.7 Å². The number of nitrogens with one attached hydrogen (secondary N) is 1. The Kier molecular flexibility index (Phi) is 5.64. The van der Waals surface area contributed by atoms with Crippen LogP contribution in [0.2, 0.25) is 0 Å². The minimum Gasteiger partial charge on any atom is -0.493 e. The van der Waals surface area contributed by atoms with Crippen LogP contribution < -0.4 is 10.2 Å². The van der Waals surface area contributed by atoms with Crippen molar-refractivity contribution in [2.75, 3.05) is 6.61 Å². The van der Waals surface area contributed by atoms with E-state index in [9.17, 15) is 4.79 Å². The third kappa shape index (κ3) is 4.70. The SMILES string of the molecule is CC(C)COc1ccc(C(=O)N/N=C/c2ccc3ccccc3c2)cc1. The standard InChI is InChI=1S/C22H22N2O2/c1-16(2)15-26-21-11-9-19(10-12-21)22(25)24-23-14-17-7-8-18-5-3-4-6-20(18)13-17/h3-14,16H,15H2,1-2H3,(H,24,25)/b23-14+. The molecule has 3 aromatic rings. The van der Waals surface area contributed by atoms with Crippen molar-refractivity contribution in [2.24, 2.45) is 11.0 Å². The first-order chi connectivity index (χ1) is 12.6. The lowest BCUT2D eigenvalue weighted by molar-refractivity contribution is 0.0955. The molecule has 0 bridgehead atoms. The van der Waals surface area contributed by atoms with Gasteiger partial charge >= 0.3 is 0 Å². The molecule has 0 unspecified atom stereocenters. The molecule has 0 heterocycles. The Labute approximate surface area is 153 Å². The van der Waals surface area contributed by atoms with Gasteiger partial charge in [0.2, 0.25) is 0 Å². The van der Waals surface area contributed by atoms with Gasteiger partial charge in [0.1, 0.15) is 5.75 Å². The highest BCUT2D eigenvalue weighted by atomic mass is 16.5. The van der Waals surface area contributed by atoms with Crippen molar-refractivity contribution in [3.05, 3.63) is 77.9 Å². The minimum absolute atomic E-state index is 0.252. The monoisotopic (exact) mass is 346 g/mol. The van der Waals surface area contributed by atoms with Gasteiger partial charge in [0.15, 0.2) is 0 Å². The number of nitrogens with zero attached hydrogens (tertiary/aromatic N) is 1. The maximum atomic E-state index is 12.2. The summed E-state index contributed by atoms with van der Waals surface area (Å²) in [6.45, 7) is 4.84. The van der Waals surface area contributed by atoms with Crippen LogP contribution >= 0.6 is 0 Å². The van der Waals surface area contributed by atoms with E-state index in [0.29, 0.717) is 18.1 Å². The Morgan fingerprint density at radius 3 is 2.50 bits per heavy atom. The van der Waals surface area contributed by atoms with Crippen LogP contribution in [0.3, 0.4) is 0 Å². The van der Waals surface area contributed by atoms with Gasteiger partial charge in [-0.15, -0.1) is 0 Å². The van der Waals surface area contributed by atoms with Gasteiger partial charge in [-0.1, -0.05) is 50.2 Å². The molecule has 0 atom stereocenters. The number of carbonyl (C=O) groups is 1. The molecule has 4 heteroatoms. The van der Waals surface area contributed by atoms with Crippen molar-refractivity contribution >= 4 is 22.9 Å². The highest BCUT2D eigenvalue weighted by Crippen LogP contribution is 2.15. The molecule has 1 amide bonds. The number of rotatable bonds is 6. The second-order valence-corrected chi connectivity index (χ2v) is 6.53. The number of carbonyl (C=O) groups excluding carboxylic acids is 1. The third-order valence-electron chi connectivity index (χ3n) is 3.85. The molecular formula is C22H22N2O2. The zero-order valence-corrected chi connectivity index (χ0v) is 15.0. The fourth-order valence-corrected chi connectivity index (χ4v) is 2.48. The molecule has 0 aliphatic heterocycles. The summed E-state index contributed by atoms with van der Waals surface area (Å²) in [5, 5.41) is 6.36. The maximum Gasteiger partial charge on any atom is 0.271 e. The predicted octanol–water partition coefficient (Wildman–Crippen LogP) is 4.64. The van der Waals surface area contributed by atoms with Crippen LogP contribution in [0.1, 0.15) is 29.8 Å². The number of ether oxygens (including phenoxy) is 1. The summed E-state index contributed by atoms with van der Waals surface area (Å²) in [6.07, 6.45) is 1.64. The fraction of sp³-hybridized carbons (Fsp3) is 0.182. The largest absolute Gasteiger partial charge is 0.493 e. The fourth-order valence-electron chi connectivity index (χ4n) is 2.48. The molecule has 0 fully saturated rings. The van der Waals surface area contributed by atoms with Gasteiger partial charge < -0.3 is 4.74 Å². The lowest BCUT2D eigenvalue weighted by Crippen LogP contribution is -2.17. The molecule has 0 aromatic heterocycles. The normalized spacial score (nSPS) is 11.2. The lowest BCUT2D eigenvalue weighted by Gasteiger charge is -2.08. The highest BCUT2D eigenvalue weighted by Gasteiger charge is 2.05. The van der Waals surface area contributed by atoms with Crippen LogP contribution in [-0.2, 0) is 0 Å². The molecule has 0 saturated carbocycles. The molecular weight excluding hydrogens is 324 g/mol. The third-order valence-corrected chi connectivity index (χ3v) is 3.85. The van der Waals surface area contributed by atoms with Crippen molar-refractivity contribution in [1.82, 2.24) is 5.43 Å². The number of benzene rings is 3. The smallest absolute Gasteiger partial charge is 0.271 e. The summed E-state index contributed by atoms with van der Waals surface area (Å²) in [6, 6.07) is 21.2. The summed E-state index contributed by atoms with van der Waals surface area (Å²) in [4.78, 5) is 12.2. The van der Waals surface area contributed by atoms with Crippen molar-refractivity contribution in [2.45, 2.75) is 13.8 Å². The van der Waals surface area contributed by atoms with E-state index in [1.54, 1.807) is 30.5 Å². The van der Waals surface area contributed by atoms with Crippen LogP contribution in [0.4, 0.5) is 0 Å². The van der Waals surface area contributed by atoms with Crippen molar-refractivity contribution in [1.29, 1.82) is 0 Å². The van der Waals surface area contributed by atoms with Gasteiger partial charge in [0.25, 0.3) is 5.91 Å². The summed E-state index contributed by atoms with van der Waals surface area (Å²) in [5.41, 5.74) is 4.03. The molecule has 0 radical (unpaired) electrons. The molecule has 4 nitrogen and oxygen atoms in total. The first-order valence-electron chi connectivity index (χ1n) is 8.67. The van der Waals surface area contributed by atoms with Crippen LogP contribution in [-0.4, -0.2) is 18.7 Å². The maximum absolute atomic E-state index is 12.2. The average Bonchev–Trinajstić information content (AvgIpc) is 2.66. The zero-order valence-electron chi connectivity index (χ0n) is 15.0. The molecule has 0 spiro atoms. The Morgan fingerprint density at radius 1 is 1.04 bits per heavy atom. The summed E-state index contributed by atoms with van der Waals surface area (Å²) in [7, 11) is 0. The first-order valence-corrected chi connectivity index (χ1v) is 8.67. The second kappa shape index (κ2) is 8.30. The molecule has 3 rings (SSSR count). The molecule has 26 heavy (non-hydrogen) atoms. The molecule has 1 N–H and O–H groups in total. The Bertz CT molecular complexity index is 915. The molecule has 132 valence electrons. The number of hydrogen-bond acceptors (Lipinski definition) is 3. The van der Waals surface area contributed by atoms with Crippen molar-refractivity contribution in [3.8, 4) is 5.75 Å². The van der Waals surface area contributed by atoms with E-state index >= 15 is 0 Å². The van der Waals surface area contributed by atoms with Gasteiger partial charge in [-0.05, 0) is 52.6 Å². The van der Waals surface area contributed by atoms with E-state index in [0.717, 1.165) is 16.7 Å². The predicted molar refractivity (Wildman–Crippen MR) is 106 cm³/mol. The minimum atomic E-state index is -0.252. The number of hydrogen-bond donors (Lipinski definition) is 1. The Hall–Kier alpha value is -3.14. The van der Waals surface area contributed by atoms with Crippen LogP contribution in [0.25, 0.3) is 10.8 Å². The van der Waals surface area contributed by atoms with E-state index in [2.05, 4.69) is 30.4 Å². The van der Waals surface area contributed by atoms with E-state index in [1.165, 1.54) is 5.39 Å². The van der Waals surface area contributed by atoms with Gasteiger partial charge in [-0.2, -0.15) is 5.10 Å². The van der Waals surface area contributed by atoms with Crippen molar-refractivity contribution in [3.63, 3.8) is 0 Å². The van der Waals surface area contributed by atoms with E-state index < -0.39 is 0 Å². The summed E-state index contributed by atoms with van der Waals surface area (Å²) < 4.78 is 5.61. The molecule has 0 saturated heterocycles. The molecule has 3 aromatic carbocycles. The number of hydrazone groups is 1. The van der Waals surface area contributed by atoms with Crippen LogP contribution in [0.15, 0.2) is 71.8 Å². The highest BCUT2D eigenvalue weighted by molar-refractivity contribution is 5.95. The van der Waals surface area contributed by atoms with Crippen LogP contribution in [0, 0.1) is 5.92 Å². The average molecular weight is 346 g/mol. The number of amides is 1. The Morgan fingerprint density at radius 2 is 1.77 bits per heavy atom. The van der Waals surface area contributed by atoms with E-state index in [1.807, 2.05) is 36.4 Å². The molecule has 0 aliphatic rings. The zero-order chi connectivity index (χ0) is 18.4. The Balaban J connectivity index is 1.59. The van der Waals surface area contributed by atoms with Gasteiger partial charge in [-0.25, -0.2) is 5.43 Å². The van der Waals surface area contributed by atoms with E-state index in [-0.39, 0.29) is 5.91 Å². The van der Waals surface area contributed by atoms with Gasteiger partial charge in [0.05, 0.1) is 12.8 Å². The summed E-state index contributed by atoms with van der Waals surface area (Å²) >= 11 is 0. The van der Waals surface area contributed by atoms with Gasteiger partial charge in [0, 0.05) is 5.56 Å². The van der Waals surface area contributed by atoms with Crippen LogP contribution in [0.5, 0.6) is 5.75 Å². The quantitative estimate of drug-likeness (QED) is 0.522. The van der Waals surface area contributed by atoms with Gasteiger partial charge in [-0.3, -0.25) is 4.79 Å². The molecule has 0 aliphatic carbocycles. The van der Waals surface area contributed by atoms with E-state index in [4.69, 9.17) is 4.74 Å². The summed E-state index contributed by atoms with van der Waals surface area (Å²) in [5.74, 6) is 0.967. The lowest BCUT2D eigenvalue weighted by atomic mass is 10.1. The number of fused-ring (bicyclic) bond motifs is 1. The second-order valence-electron chi connectivity index (χ2n) is 6.53.